The summed E-state index contributed by atoms with van der Waals surface area (Å²) in [4.78, 5) is 11.9. The summed E-state index contributed by atoms with van der Waals surface area (Å²) in [5.41, 5.74) is 0.499. The number of amides is 1. The minimum Gasteiger partial charge on any atom is -0.507 e. The van der Waals surface area contributed by atoms with Gasteiger partial charge in [-0.1, -0.05) is 13.8 Å². The van der Waals surface area contributed by atoms with Crippen LogP contribution in [-0.2, 0) is 0 Å². The number of phenols is 1. The van der Waals surface area contributed by atoms with Gasteiger partial charge in [-0.15, -0.1) is 0 Å². The molecule has 1 atom stereocenters. The maximum atomic E-state index is 11.9. The number of carbonyl (C=O) groups excluding carboxylic acids is 1. The first kappa shape index (κ1) is 14.3. The third-order valence-electron chi connectivity index (χ3n) is 2.41. The van der Waals surface area contributed by atoms with Crippen LogP contribution in [-0.4, -0.2) is 17.1 Å². The third-order valence-corrected chi connectivity index (χ3v) is 3.32. The molecule has 0 saturated heterocycles. The summed E-state index contributed by atoms with van der Waals surface area (Å²) in [7, 11) is 0. The molecule has 0 spiro atoms. The van der Waals surface area contributed by atoms with Crippen LogP contribution < -0.4 is 5.32 Å². The van der Waals surface area contributed by atoms with Gasteiger partial charge in [0, 0.05) is 11.6 Å². The Morgan fingerprint density at radius 2 is 2.06 bits per heavy atom. The molecule has 0 bridgehead atoms. The lowest BCUT2D eigenvalue weighted by atomic mass is 10.0. The van der Waals surface area contributed by atoms with Crippen LogP contribution in [0.4, 0.5) is 0 Å². The number of halogens is 1. The molecule has 1 rings (SSSR count). The van der Waals surface area contributed by atoms with E-state index in [1.807, 2.05) is 29.5 Å². The summed E-state index contributed by atoms with van der Waals surface area (Å²) in [5, 5.41) is 12.5. The number of phenolic OH excluding ortho intramolecular Hbond substituents is 1. The molecule has 0 saturated carbocycles. The van der Waals surface area contributed by atoms with Crippen LogP contribution in [0.25, 0.3) is 0 Å². The van der Waals surface area contributed by atoms with Crippen molar-refractivity contribution < 1.29 is 9.90 Å². The van der Waals surface area contributed by atoms with Crippen molar-refractivity contribution in [3.63, 3.8) is 0 Å². The lowest BCUT2D eigenvalue weighted by Crippen LogP contribution is -2.33. The Kier molecular flexibility index (Phi) is 5.24. The Morgan fingerprint density at radius 3 is 2.59 bits per heavy atom. The van der Waals surface area contributed by atoms with Gasteiger partial charge in [-0.25, -0.2) is 0 Å². The van der Waals surface area contributed by atoms with E-state index in [0.717, 1.165) is 9.99 Å². The molecule has 0 aliphatic heterocycles. The average molecular weight is 347 g/mol. The van der Waals surface area contributed by atoms with E-state index in [4.69, 9.17) is 0 Å². The zero-order valence-corrected chi connectivity index (χ0v) is 12.5. The predicted octanol–water partition coefficient (Wildman–Crippen LogP) is 3.16. The second kappa shape index (κ2) is 6.23. The molecule has 3 nitrogen and oxygen atoms in total. The highest BCUT2D eigenvalue weighted by atomic mass is 127. The summed E-state index contributed by atoms with van der Waals surface area (Å²) in [6, 6.07) is 5.10. The Labute approximate surface area is 116 Å². The molecule has 1 aromatic rings. The van der Waals surface area contributed by atoms with Crippen molar-refractivity contribution in [2.45, 2.75) is 33.2 Å². The lowest BCUT2D eigenvalue weighted by Gasteiger charge is -2.16. The van der Waals surface area contributed by atoms with E-state index in [2.05, 4.69) is 19.2 Å². The molecule has 4 heteroatoms. The van der Waals surface area contributed by atoms with Gasteiger partial charge in [0.1, 0.15) is 5.75 Å². The molecule has 1 aromatic carbocycles. The highest BCUT2D eigenvalue weighted by Gasteiger charge is 2.12. The number of benzene rings is 1. The lowest BCUT2D eigenvalue weighted by molar-refractivity contribution is 0.0935. The van der Waals surface area contributed by atoms with Gasteiger partial charge in [-0.3, -0.25) is 4.79 Å². The predicted molar refractivity (Wildman–Crippen MR) is 77.2 cm³/mol. The SMILES string of the molecule is CC(C)CC(C)NC(=O)c1ccc(I)c(O)c1. The van der Waals surface area contributed by atoms with Gasteiger partial charge in [0.25, 0.3) is 5.91 Å². The number of hydrogen-bond donors (Lipinski definition) is 2. The van der Waals surface area contributed by atoms with E-state index in [1.54, 1.807) is 12.1 Å². The highest BCUT2D eigenvalue weighted by Crippen LogP contribution is 2.20. The van der Waals surface area contributed by atoms with E-state index in [0.29, 0.717) is 11.5 Å². The Balaban J connectivity index is 2.66. The minimum absolute atomic E-state index is 0.134. The normalized spacial score (nSPS) is 12.5. The molecule has 0 radical (unpaired) electrons. The highest BCUT2D eigenvalue weighted by molar-refractivity contribution is 14.1. The monoisotopic (exact) mass is 347 g/mol. The Bertz CT molecular complexity index is 404. The molecule has 17 heavy (non-hydrogen) atoms. The molecular weight excluding hydrogens is 329 g/mol. The van der Waals surface area contributed by atoms with Crippen LogP contribution in [0, 0.1) is 9.49 Å². The molecule has 2 N–H and O–H groups in total. The topological polar surface area (TPSA) is 49.3 Å². The minimum atomic E-state index is -0.134. The van der Waals surface area contributed by atoms with Gasteiger partial charge >= 0.3 is 0 Å². The van der Waals surface area contributed by atoms with E-state index >= 15 is 0 Å². The van der Waals surface area contributed by atoms with Crippen LogP contribution in [0.15, 0.2) is 18.2 Å². The zero-order valence-electron chi connectivity index (χ0n) is 10.3. The number of carbonyl (C=O) groups is 1. The largest absolute Gasteiger partial charge is 0.507 e. The molecule has 0 fully saturated rings. The fourth-order valence-electron chi connectivity index (χ4n) is 1.73. The first-order chi connectivity index (χ1) is 7.90. The number of nitrogens with one attached hydrogen (secondary N) is 1. The van der Waals surface area contributed by atoms with Gasteiger partial charge in [-0.05, 0) is 60.1 Å². The van der Waals surface area contributed by atoms with Crippen LogP contribution >= 0.6 is 22.6 Å². The van der Waals surface area contributed by atoms with Crippen molar-refractivity contribution in [3.05, 3.63) is 27.3 Å². The van der Waals surface area contributed by atoms with E-state index in [-0.39, 0.29) is 17.7 Å². The summed E-state index contributed by atoms with van der Waals surface area (Å²) in [5.74, 6) is 0.565. The van der Waals surface area contributed by atoms with Crippen molar-refractivity contribution >= 4 is 28.5 Å². The summed E-state index contributed by atoms with van der Waals surface area (Å²) < 4.78 is 0.745. The number of aromatic hydroxyl groups is 1. The first-order valence-corrected chi connectivity index (χ1v) is 6.77. The maximum Gasteiger partial charge on any atom is 0.251 e. The summed E-state index contributed by atoms with van der Waals surface area (Å²) >= 11 is 2.02. The van der Waals surface area contributed by atoms with Gasteiger partial charge in [0.15, 0.2) is 0 Å². The average Bonchev–Trinajstić information content (AvgIpc) is 2.20. The fraction of sp³-hybridized carbons (Fsp3) is 0.462. The second-order valence-electron chi connectivity index (χ2n) is 4.67. The second-order valence-corrected chi connectivity index (χ2v) is 5.83. The molecule has 1 amide bonds. The summed E-state index contributed by atoms with van der Waals surface area (Å²) in [6.07, 6.45) is 0.947. The molecular formula is C13H18INO2. The van der Waals surface area contributed by atoms with Crippen LogP contribution in [0.5, 0.6) is 5.75 Å². The molecule has 0 aliphatic carbocycles. The molecule has 0 aromatic heterocycles. The van der Waals surface area contributed by atoms with Crippen molar-refractivity contribution in [1.82, 2.24) is 5.32 Å². The van der Waals surface area contributed by atoms with Gasteiger partial charge in [-0.2, -0.15) is 0 Å². The van der Waals surface area contributed by atoms with Gasteiger partial charge in [0.2, 0.25) is 0 Å². The van der Waals surface area contributed by atoms with Crippen LogP contribution in [0.3, 0.4) is 0 Å². The third kappa shape index (κ3) is 4.53. The smallest absolute Gasteiger partial charge is 0.251 e. The van der Waals surface area contributed by atoms with Crippen LogP contribution in [0.2, 0.25) is 0 Å². The standard InChI is InChI=1S/C13H18INO2/c1-8(2)6-9(3)15-13(17)10-4-5-11(14)12(16)7-10/h4-5,7-9,16H,6H2,1-3H3,(H,15,17). The van der Waals surface area contributed by atoms with Gasteiger partial charge in [0.05, 0.1) is 3.57 Å². The van der Waals surface area contributed by atoms with E-state index < -0.39 is 0 Å². The van der Waals surface area contributed by atoms with Crippen molar-refractivity contribution in [1.29, 1.82) is 0 Å². The van der Waals surface area contributed by atoms with Crippen molar-refractivity contribution in [2.24, 2.45) is 5.92 Å². The zero-order chi connectivity index (χ0) is 13.0. The number of rotatable bonds is 4. The molecule has 94 valence electrons. The summed E-state index contributed by atoms with van der Waals surface area (Å²) in [6.45, 7) is 6.24. The fourth-order valence-corrected chi connectivity index (χ4v) is 2.06. The quantitative estimate of drug-likeness (QED) is 0.822. The van der Waals surface area contributed by atoms with Crippen molar-refractivity contribution in [3.8, 4) is 5.75 Å². The van der Waals surface area contributed by atoms with Gasteiger partial charge < -0.3 is 10.4 Å². The Morgan fingerprint density at radius 1 is 1.41 bits per heavy atom. The maximum absolute atomic E-state index is 11.9. The van der Waals surface area contributed by atoms with E-state index in [9.17, 15) is 9.90 Å². The Hall–Kier alpha value is -0.780. The van der Waals surface area contributed by atoms with E-state index in [1.165, 1.54) is 6.07 Å². The first-order valence-electron chi connectivity index (χ1n) is 5.69. The molecule has 0 aliphatic rings. The van der Waals surface area contributed by atoms with Crippen molar-refractivity contribution in [2.75, 3.05) is 0 Å². The van der Waals surface area contributed by atoms with Crippen LogP contribution in [0.1, 0.15) is 37.6 Å². The molecule has 1 unspecified atom stereocenters. The molecule has 0 heterocycles. The number of hydrogen-bond acceptors (Lipinski definition) is 2.